The van der Waals surface area contributed by atoms with Crippen LogP contribution in [0.4, 0.5) is 0 Å². The van der Waals surface area contributed by atoms with Gasteiger partial charge in [-0.15, -0.1) is 0 Å². The normalized spacial score (nSPS) is 26.8. The molecule has 1 saturated heterocycles. The minimum Gasteiger partial charge on any atom is -0.369 e. The van der Waals surface area contributed by atoms with E-state index in [1.54, 1.807) is 6.42 Å². The molecule has 0 aromatic heterocycles. The summed E-state index contributed by atoms with van der Waals surface area (Å²) in [7, 11) is 0. The average Bonchev–Trinajstić information content (AvgIpc) is 2.89. The summed E-state index contributed by atoms with van der Waals surface area (Å²) in [5.41, 5.74) is 5.73. The van der Waals surface area contributed by atoms with Gasteiger partial charge in [0.05, 0.1) is 12.5 Å². The van der Waals surface area contributed by atoms with Crippen LogP contribution in [0.2, 0.25) is 0 Å². The predicted molar refractivity (Wildman–Crippen MR) is 132 cm³/mol. The number of likely N-dealkylation sites (tertiary alicyclic amines) is 1. The molecule has 1 aromatic carbocycles. The standard InChI is InChI=1S/C28H39N4O2/c29-21-28(31-25(33)13-16-27(26(30)34)14-5-2-6-15-27)17-19-32(20-18-28)24-11-9-23(10-12-24)22-7-3-1-4-8-22/h1,3-4,7-8,13,23-24H,2,5-6,9-12,14-20H2,(H2,30,34)(H,31,33). The van der Waals surface area contributed by atoms with Gasteiger partial charge in [-0.25, -0.2) is 0 Å². The first-order valence-electron chi connectivity index (χ1n) is 13.1. The Bertz CT molecular complexity index is 871. The fraction of sp³-hybridized carbons (Fsp3) is 0.643. The second-order valence-corrected chi connectivity index (χ2v) is 10.7. The predicted octanol–water partition coefficient (Wildman–Crippen LogP) is 4.22. The number of nitrogens with two attached hydrogens (primary N) is 1. The molecule has 4 rings (SSSR count). The lowest BCUT2D eigenvalue weighted by atomic mass is 9.70. The van der Waals surface area contributed by atoms with Crippen LogP contribution in [0.25, 0.3) is 0 Å². The molecule has 1 aliphatic heterocycles. The summed E-state index contributed by atoms with van der Waals surface area (Å²) in [6, 6.07) is 13.8. The fourth-order valence-electron chi connectivity index (χ4n) is 6.39. The van der Waals surface area contributed by atoms with Crippen LogP contribution in [0.5, 0.6) is 0 Å². The van der Waals surface area contributed by atoms with Gasteiger partial charge in [0.2, 0.25) is 11.8 Å². The molecular weight excluding hydrogens is 424 g/mol. The number of carbonyl (C=O) groups excluding carboxylic acids is 2. The zero-order valence-electron chi connectivity index (χ0n) is 20.3. The highest BCUT2D eigenvalue weighted by molar-refractivity contribution is 5.88. The molecule has 2 amide bonds. The van der Waals surface area contributed by atoms with E-state index in [1.165, 1.54) is 31.2 Å². The fourth-order valence-corrected chi connectivity index (χ4v) is 6.39. The number of primary amides is 1. The molecule has 2 aliphatic carbocycles. The molecule has 1 aromatic rings. The number of nitrogens with zero attached hydrogens (tertiary/aromatic N) is 2. The largest absolute Gasteiger partial charge is 0.369 e. The lowest BCUT2D eigenvalue weighted by molar-refractivity contribution is -0.130. The summed E-state index contributed by atoms with van der Waals surface area (Å²) in [6.45, 7) is 1.67. The summed E-state index contributed by atoms with van der Waals surface area (Å²) in [5, 5.41) is 12.9. The maximum absolute atomic E-state index is 12.8. The van der Waals surface area contributed by atoms with E-state index in [9.17, 15) is 14.9 Å². The van der Waals surface area contributed by atoms with Crippen molar-refractivity contribution in [2.75, 3.05) is 13.1 Å². The monoisotopic (exact) mass is 463 g/mol. The average molecular weight is 464 g/mol. The van der Waals surface area contributed by atoms with Gasteiger partial charge in [-0.05, 0) is 69.3 Å². The summed E-state index contributed by atoms with van der Waals surface area (Å²) in [6.07, 6.45) is 12.6. The summed E-state index contributed by atoms with van der Waals surface area (Å²) in [4.78, 5) is 27.4. The molecule has 183 valence electrons. The molecule has 34 heavy (non-hydrogen) atoms. The number of nitriles is 1. The Balaban J connectivity index is 1.25. The van der Waals surface area contributed by atoms with Crippen LogP contribution in [0, 0.1) is 23.2 Å². The molecule has 3 fully saturated rings. The van der Waals surface area contributed by atoms with E-state index in [4.69, 9.17) is 5.73 Å². The molecule has 6 heteroatoms. The minimum atomic E-state index is -0.822. The summed E-state index contributed by atoms with van der Waals surface area (Å²) < 4.78 is 0. The quantitative estimate of drug-likeness (QED) is 0.632. The number of hydrogen-bond donors (Lipinski definition) is 2. The number of amides is 2. The first-order chi connectivity index (χ1) is 16.5. The van der Waals surface area contributed by atoms with Crippen molar-refractivity contribution >= 4 is 11.8 Å². The number of benzene rings is 1. The van der Waals surface area contributed by atoms with Gasteiger partial charge in [0.1, 0.15) is 5.54 Å². The lowest BCUT2D eigenvalue weighted by Crippen LogP contribution is -2.56. The first-order valence-corrected chi connectivity index (χ1v) is 13.1. The number of piperidine rings is 1. The van der Waals surface area contributed by atoms with Gasteiger partial charge in [0, 0.05) is 24.5 Å². The molecule has 0 spiro atoms. The van der Waals surface area contributed by atoms with Gasteiger partial charge in [0.25, 0.3) is 0 Å². The maximum atomic E-state index is 12.8. The van der Waals surface area contributed by atoms with Gasteiger partial charge in [0.15, 0.2) is 0 Å². The van der Waals surface area contributed by atoms with Gasteiger partial charge >= 0.3 is 0 Å². The van der Waals surface area contributed by atoms with Gasteiger partial charge in [-0.3, -0.25) is 9.59 Å². The summed E-state index contributed by atoms with van der Waals surface area (Å²) in [5.74, 6) is 0.106. The Hall–Kier alpha value is -2.39. The van der Waals surface area contributed by atoms with E-state index < -0.39 is 11.0 Å². The van der Waals surface area contributed by atoms with E-state index in [1.807, 2.05) is 0 Å². The maximum Gasteiger partial charge on any atom is 0.225 e. The van der Waals surface area contributed by atoms with Gasteiger partial charge in [-0.2, -0.15) is 5.26 Å². The first kappa shape index (κ1) is 24.7. The topological polar surface area (TPSA) is 99.2 Å². The van der Waals surface area contributed by atoms with Crippen molar-refractivity contribution < 1.29 is 9.59 Å². The van der Waals surface area contributed by atoms with Crippen molar-refractivity contribution in [2.45, 2.75) is 94.5 Å². The Morgan fingerprint density at radius 2 is 1.68 bits per heavy atom. The van der Waals surface area contributed by atoms with Crippen LogP contribution >= 0.6 is 0 Å². The van der Waals surface area contributed by atoms with Crippen molar-refractivity contribution in [3.63, 3.8) is 0 Å². The van der Waals surface area contributed by atoms with Crippen LogP contribution in [-0.2, 0) is 9.59 Å². The Morgan fingerprint density at radius 1 is 1.03 bits per heavy atom. The second kappa shape index (κ2) is 10.9. The van der Waals surface area contributed by atoms with Crippen LogP contribution in [0.3, 0.4) is 0 Å². The minimum absolute atomic E-state index is 0.246. The van der Waals surface area contributed by atoms with Gasteiger partial charge < -0.3 is 16.0 Å². The molecular formula is C28H39N4O2. The lowest BCUT2D eigenvalue weighted by Gasteiger charge is -2.43. The zero-order valence-corrected chi connectivity index (χ0v) is 20.3. The smallest absolute Gasteiger partial charge is 0.225 e. The van der Waals surface area contributed by atoms with Crippen molar-refractivity contribution in [3.8, 4) is 6.07 Å². The Kier molecular flexibility index (Phi) is 7.93. The third kappa shape index (κ3) is 5.63. The number of rotatable bonds is 7. The van der Waals surface area contributed by atoms with Crippen molar-refractivity contribution in [1.29, 1.82) is 5.26 Å². The van der Waals surface area contributed by atoms with Crippen molar-refractivity contribution in [3.05, 3.63) is 42.3 Å². The molecule has 0 unspecified atom stereocenters. The molecule has 1 radical (unpaired) electrons. The molecule has 0 bridgehead atoms. The highest BCUT2D eigenvalue weighted by atomic mass is 16.2. The van der Waals surface area contributed by atoms with E-state index in [-0.39, 0.29) is 11.8 Å². The molecule has 0 atom stereocenters. The van der Waals surface area contributed by atoms with Crippen LogP contribution < -0.4 is 11.1 Å². The van der Waals surface area contributed by atoms with Crippen molar-refractivity contribution in [1.82, 2.24) is 10.2 Å². The van der Waals surface area contributed by atoms with Gasteiger partial charge in [-0.1, -0.05) is 49.6 Å². The highest BCUT2D eigenvalue weighted by Crippen LogP contribution is 2.40. The SMILES string of the molecule is N#CC1(NC(=O)[CH]CC2(C(N)=O)CCCCC2)CCN(C2CCC(c3ccccc3)CC2)CC1. The molecule has 3 N–H and O–H groups in total. The summed E-state index contributed by atoms with van der Waals surface area (Å²) >= 11 is 0. The molecule has 1 heterocycles. The number of nitrogens with one attached hydrogen (secondary N) is 1. The molecule has 3 aliphatic rings. The zero-order chi connectivity index (χ0) is 24.0. The van der Waals surface area contributed by atoms with Crippen LogP contribution in [-0.4, -0.2) is 41.4 Å². The Morgan fingerprint density at radius 3 is 2.26 bits per heavy atom. The van der Waals surface area contributed by atoms with E-state index >= 15 is 0 Å². The van der Waals surface area contributed by atoms with Crippen molar-refractivity contribution in [2.24, 2.45) is 11.1 Å². The third-order valence-corrected chi connectivity index (χ3v) is 8.72. The number of hydrogen-bond acceptors (Lipinski definition) is 4. The van der Waals surface area contributed by atoms with Crippen LogP contribution in [0.15, 0.2) is 30.3 Å². The van der Waals surface area contributed by atoms with E-state index in [2.05, 4.69) is 46.6 Å². The Labute approximate surface area is 204 Å². The second-order valence-electron chi connectivity index (χ2n) is 10.7. The van der Waals surface area contributed by atoms with Crippen LogP contribution in [0.1, 0.15) is 88.5 Å². The molecule has 2 saturated carbocycles. The number of carbonyl (C=O) groups is 2. The van der Waals surface area contributed by atoms with E-state index in [0.29, 0.717) is 31.2 Å². The molecule has 6 nitrogen and oxygen atoms in total. The highest BCUT2D eigenvalue weighted by Gasteiger charge is 2.41. The third-order valence-electron chi connectivity index (χ3n) is 8.72. The van der Waals surface area contributed by atoms with E-state index in [0.717, 1.165) is 45.2 Å².